The number of aryl methyl sites for hydroxylation is 1. The molecule has 3 aromatic rings. The first-order valence-electron chi connectivity index (χ1n) is 7.25. The molecule has 2 N–H and O–H groups in total. The summed E-state index contributed by atoms with van der Waals surface area (Å²) in [7, 11) is 0. The summed E-state index contributed by atoms with van der Waals surface area (Å²) in [4.78, 5) is 12.2. The number of fused-ring (bicyclic) bond motifs is 1. The normalized spacial score (nSPS) is 12.1. The van der Waals surface area contributed by atoms with Crippen molar-refractivity contribution in [1.29, 1.82) is 0 Å². The largest absolute Gasteiger partial charge is 0.464 e. The van der Waals surface area contributed by atoms with Crippen molar-refractivity contribution in [3.8, 4) is 0 Å². The molecule has 4 heteroatoms. The smallest absolute Gasteiger partial charge is 0.319 e. The standard InChI is InChI=1S/C18H18N2O2/c1-12-10-11-17(22-12)13(2)19-18(21)20-16-9-5-7-14-6-3-4-8-15(14)16/h3-11,13H,1-2H3,(H2,19,20,21). The fourth-order valence-corrected chi connectivity index (χ4v) is 2.45. The molecule has 22 heavy (non-hydrogen) atoms. The quantitative estimate of drug-likeness (QED) is 0.740. The monoisotopic (exact) mass is 294 g/mol. The molecule has 2 amide bonds. The summed E-state index contributed by atoms with van der Waals surface area (Å²) in [5.41, 5.74) is 0.790. The third-order valence-corrected chi connectivity index (χ3v) is 3.57. The van der Waals surface area contributed by atoms with Gasteiger partial charge in [0, 0.05) is 5.39 Å². The van der Waals surface area contributed by atoms with E-state index >= 15 is 0 Å². The van der Waals surface area contributed by atoms with Gasteiger partial charge in [-0.2, -0.15) is 0 Å². The first-order valence-corrected chi connectivity index (χ1v) is 7.25. The predicted molar refractivity (Wildman–Crippen MR) is 88.0 cm³/mol. The molecular formula is C18H18N2O2. The Kier molecular flexibility index (Phi) is 3.83. The Labute approximate surface area is 129 Å². The van der Waals surface area contributed by atoms with Crippen LogP contribution in [0.4, 0.5) is 10.5 Å². The van der Waals surface area contributed by atoms with Gasteiger partial charge >= 0.3 is 6.03 Å². The maximum atomic E-state index is 12.2. The molecule has 0 aliphatic heterocycles. The van der Waals surface area contributed by atoms with Crippen LogP contribution in [0.15, 0.2) is 59.0 Å². The lowest BCUT2D eigenvalue weighted by molar-refractivity contribution is 0.247. The zero-order chi connectivity index (χ0) is 15.5. The number of furan rings is 1. The molecule has 1 atom stereocenters. The number of nitrogens with one attached hydrogen (secondary N) is 2. The highest BCUT2D eigenvalue weighted by molar-refractivity contribution is 6.01. The number of carbonyl (C=O) groups is 1. The summed E-state index contributed by atoms with van der Waals surface area (Å²) < 4.78 is 5.52. The molecule has 112 valence electrons. The molecule has 4 nitrogen and oxygen atoms in total. The molecule has 0 saturated carbocycles. The zero-order valence-corrected chi connectivity index (χ0v) is 12.6. The SMILES string of the molecule is Cc1ccc(C(C)NC(=O)Nc2cccc3ccccc23)o1. The van der Waals surface area contributed by atoms with Crippen LogP contribution >= 0.6 is 0 Å². The van der Waals surface area contributed by atoms with Crippen molar-refractivity contribution in [1.82, 2.24) is 5.32 Å². The summed E-state index contributed by atoms with van der Waals surface area (Å²) in [6.07, 6.45) is 0. The van der Waals surface area contributed by atoms with E-state index in [0.29, 0.717) is 0 Å². The molecule has 1 aromatic heterocycles. The van der Waals surface area contributed by atoms with Crippen LogP contribution < -0.4 is 10.6 Å². The number of anilines is 1. The van der Waals surface area contributed by atoms with Gasteiger partial charge in [-0.3, -0.25) is 0 Å². The van der Waals surface area contributed by atoms with Crippen LogP contribution in [0.1, 0.15) is 24.5 Å². The van der Waals surface area contributed by atoms with Gasteiger partial charge in [0.15, 0.2) is 0 Å². The highest BCUT2D eigenvalue weighted by Crippen LogP contribution is 2.23. The van der Waals surface area contributed by atoms with Gasteiger partial charge in [-0.1, -0.05) is 36.4 Å². The van der Waals surface area contributed by atoms with Gasteiger partial charge in [0.2, 0.25) is 0 Å². The lowest BCUT2D eigenvalue weighted by atomic mass is 10.1. The van der Waals surface area contributed by atoms with Crippen LogP contribution in [-0.4, -0.2) is 6.03 Å². The average molecular weight is 294 g/mol. The van der Waals surface area contributed by atoms with Crippen molar-refractivity contribution in [2.24, 2.45) is 0 Å². The van der Waals surface area contributed by atoms with Crippen molar-refractivity contribution in [2.75, 3.05) is 5.32 Å². The minimum Gasteiger partial charge on any atom is -0.464 e. The van der Waals surface area contributed by atoms with Crippen LogP contribution in [0.3, 0.4) is 0 Å². The minimum atomic E-state index is -0.252. The molecule has 0 aliphatic carbocycles. The third-order valence-electron chi connectivity index (χ3n) is 3.57. The molecule has 0 saturated heterocycles. The molecule has 3 rings (SSSR count). The number of amides is 2. The second-order valence-electron chi connectivity index (χ2n) is 5.30. The number of rotatable bonds is 3. The Bertz CT molecular complexity index is 802. The van der Waals surface area contributed by atoms with Crippen molar-refractivity contribution in [3.05, 3.63) is 66.1 Å². The van der Waals surface area contributed by atoms with Gasteiger partial charge in [0.1, 0.15) is 11.5 Å². The number of hydrogen-bond acceptors (Lipinski definition) is 2. The van der Waals surface area contributed by atoms with E-state index in [9.17, 15) is 4.79 Å². The summed E-state index contributed by atoms with van der Waals surface area (Å²) in [6.45, 7) is 3.77. The summed E-state index contributed by atoms with van der Waals surface area (Å²) >= 11 is 0. The number of hydrogen-bond donors (Lipinski definition) is 2. The minimum absolute atomic E-state index is 0.191. The van der Waals surface area contributed by atoms with E-state index < -0.39 is 0 Å². The molecule has 1 heterocycles. The van der Waals surface area contributed by atoms with Crippen LogP contribution in [0.25, 0.3) is 10.8 Å². The Hall–Kier alpha value is -2.75. The Morgan fingerprint density at radius 2 is 1.82 bits per heavy atom. The van der Waals surface area contributed by atoms with Gasteiger partial charge in [0.05, 0.1) is 11.7 Å². The number of carbonyl (C=O) groups excluding carboxylic acids is 1. The highest BCUT2D eigenvalue weighted by atomic mass is 16.3. The molecule has 2 aromatic carbocycles. The van der Waals surface area contributed by atoms with Crippen molar-refractivity contribution < 1.29 is 9.21 Å². The molecule has 1 unspecified atom stereocenters. The summed E-state index contributed by atoms with van der Waals surface area (Å²) in [5, 5.41) is 7.89. The third kappa shape index (κ3) is 2.96. The second kappa shape index (κ2) is 5.93. The van der Waals surface area contributed by atoms with Gasteiger partial charge in [-0.05, 0) is 37.4 Å². The van der Waals surface area contributed by atoms with Crippen LogP contribution in [0.5, 0.6) is 0 Å². The van der Waals surface area contributed by atoms with E-state index in [-0.39, 0.29) is 12.1 Å². The lowest BCUT2D eigenvalue weighted by Crippen LogP contribution is -2.31. The Morgan fingerprint density at radius 3 is 2.59 bits per heavy atom. The molecular weight excluding hydrogens is 276 g/mol. The molecule has 0 bridgehead atoms. The zero-order valence-electron chi connectivity index (χ0n) is 12.6. The number of benzene rings is 2. The van der Waals surface area contributed by atoms with E-state index in [4.69, 9.17) is 4.42 Å². The molecule has 0 aliphatic rings. The van der Waals surface area contributed by atoms with Crippen LogP contribution in [0.2, 0.25) is 0 Å². The second-order valence-corrected chi connectivity index (χ2v) is 5.30. The fraction of sp³-hybridized carbons (Fsp3) is 0.167. The molecule has 0 spiro atoms. The number of urea groups is 1. The Balaban J connectivity index is 1.73. The van der Waals surface area contributed by atoms with Gasteiger partial charge in [-0.15, -0.1) is 0 Å². The highest BCUT2D eigenvalue weighted by Gasteiger charge is 2.13. The molecule has 0 radical (unpaired) electrons. The van der Waals surface area contributed by atoms with Crippen LogP contribution in [-0.2, 0) is 0 Å². The maximum Gasteiger partial charge on any atom is 0.319 e. The van der Waals surface area contributed by atoms with E-state index in [0.717, 1.165) is 28.0 Å². The first-order chi connectivity index (χ1) is 10.6. The van der Waals surface area contributed by atoms with E-state index in [1.165, 1.54) is 0 Å². The maximum absolute atomic E-state index is 12.2. The summed E-state index contributed by atoms with van der Waals surface area (Å²) in [5.74, 6) is 1.57. The topological polar surface area (TPSA) is 54.3 Å². The first kappa shape index (κ1) is 14.2. The van der Waals surface area contributed by atoms with Crippen molar-refractivity contribution in [3.63, 3.8) is 0 Å². The fourth-order valence-electron chi connectivity index (χ4n) is 2.45. The molecule has 0 fully saturated rings. The predicted octanol–water partition coefficient (Wildman–Crippen LogP) is 4.62. The van der Waals surface area contributed by atoms with Crippen molar-refractivity contribution in [2.45, 2.75) is 19.9 Å². The summed E-state index contributed by atoms with van der Waals surface area (Å²) in [6, 6.07) is 17.1. The van der Waals surface area contributed by atoms with E-state index in [1.54, 1.807) is 0 Å². The van der Waals surface area contributed by atoms with Crippen molar-refractivity contribution >= 4 is 22.5 Å². The average Bonchev–Trinajstić information content (AvgIpc) is 2.94. The van der Waals surface area contributed by atoms with Crippen LogP contribution in [0, 0.1) is 6.92 Å². The van der Waals surface area contributed by atoms with Gasteiger partial charge in [0.25, 0.3) is 0 Å². The van der Waals surface area contributed by atoms with Gasteiger partial charge < -0.3 is 15.1 Å². The van der Waals surface area contributed by atoms with E-state index in [2.05, 4.69) is 10.6 Å². The Morgan fingerprint density at radius 1 is 1.05 bits per heavy atom. The van der Waals surface area contributed by atoms with Gasteiger partial charge in [-0.25, -0.2) is 4.79 Å². The van der Waals surface area contributed by atoms with E-state index in [1.807, 2.05) is 68.4 Å². The lowest BCUT2D eigenvalue weighted by Gasteiger charge is -2.14.